The number of nitrogens with one attached hydrogen (secondary N) is 1. The Morgan fingerprint density at radius 1 is 1.11 bits per heavy atom. The Kier molecular flexibility index (Phi) is 9.66. The second-order valence-electron chi connectivity index (χ2n) is 7.86. The molecule has 3 aromatic rings. The number of nitrogens with two attached hydrogens (primary N) is 1. The average molecular weight is 575 g/mol. The van der Waals surface area contributed by atoms with Crippen LogP contribution in [0.25, 0.3) is 11.3 Å². The fourth-order valence-corrected chi connectivity index (χ4v) is 5.01. The molecular formula is C24H27N7O4SZn. The van der Waals surface area contributed by atoms with E-state index in [9.17, 15) is 13.2 Å². The summed E-state index contributed by atoms with van der Waals surface area (Å²) in [5.74, 6) is -0.570. The zero-order valence-corrected chi connectivity index (χ0v) is 24.1. The molecule has 0 spiro atoms. The first-order chi connectivity index (χ1) is 17.3. The number of morpholine rings is 1. The molecule has 190 valence electrons. The van der Waals surface area contributed by atoms with E-state index < -0.39 is 15.9 Å². The van der Waals surface area contributed by atoms with E-state index in [1.54, 1.807) is 24.5 Å². The fraction of sp³-hybridized carbons (Fsp3) is 0.250. The van der Waals surface area contributed by atoms with Crippen LogP contribution in [0.3, 0.4) is 0 Å². The molecule has 37 heavy (non-hydrogen) atoms. The van der Waals surface area contributed by atoms with E-state index in [0.29, 0.717) is 43.2 Å². The van der Waals surface area contributed by atoms with E-state index >= 15 is 0 Å². The van der Waals surface area contributed by atoms with Gasteiger partial charge in [-0.15, -0.1) is 13.1 Å². The van der Waals surface area contributed by atoms with Crippen molar-refractivity contribution in [2.75, 3.05) is 55.3 Å². The molecule has 11 nitrogen and oxygen atoms in total. The molecule has 0 unspecified atom stereocenters. The van der Waals surface area contributed by atoms with Gasteiger partial charge in [-0.3, -0.25) is 14.1 Å². The van der Waals surface area contributed by atoms with Crippen LogP contribution in [0.4, 0.5) is 17.2 Å². The Labute approximate surface area is 229 Å². The van der Waals surface area contributed by atoms with Gasteiger partial charge in [-0.25, -0.2) is 18.4 Å². The Hall–Kier alpha value is -2.99. The number of nitrogen functional groups attached to an aromatic ring is 1. The maximum absolute atomic E-state index is 13.1. The van der Waals surface area contributed by atoms with Gasteiger partial charge in [-0.1, -0.05) is 12.1 Å². The summed E-state index contributed by atoms with van der Waals surface area (Å²) < 4.78 is 31.9. The maximum atomic E-state index is 13.1. The molecule has 1 amide bonds. The first-order valence-corrected chi connectivity index (χ1v) is 12.7. The molecule has 1 aromatic carbocycles. The van der Waals surface area contributed by atoms with Crippen LogP contribution in [-0.2, 0) is 34.2 Å². The summed E-state index contributed by atoms with van der Waals surface area (Å²) in [5, 5.41) is 2.83. The number of amides is 1. The van der Waals surface area contributed by atoms with Gasteiger partial charge in [0.1, 0.15) is 0 Å². The first kappa shape index (κ1) is 28.6. The van der Waals surface area contributed by atoms with Crippen LogP contribution in [0.1, 0.15) is 10.5 Å². The van der Waals surface area contributed by atoms with Crippen molar-refractivity contribution in [1.82, 2.24) is 19.3 Å². The SMILES string of the molecule is [CH2-]CN(C[CH2-])S(=O)(=O)c1ccc(-c2cnc(N)c(C(=O)Nc3cnccc3N3CCOCC3)n2)cc1.[Zn+2]. The third-order valence-electron chi connectivity index (χ3n) is 5.70. The summed E-state index contributed by atoms with van der Waals surface area (Å²) in [6.45, 7) is 9.99. The Balaban J connectivity index is 0.00000380. The van der Waals surface area contributed by atoms with Crippen molar-refractivity contribution in [3.05, 3.63) is 68.5 Å². The van der Waals surface area contributed by atoms with Gasteiger partial charge in [-0.05, 0) is 18.2 Å². The first-order valence-electron chi connectivity index (χ1n) is 11.2. The number of ether oxygens (including phenoxy) is 1. The number of benzene rings is 1. The van der Waals surface area contributed by atoms with Crippen molar-refractivity contribution in [3.8, 4) is 11.3 Å². The molecule has 1 fully saturated rings. The second kappa shape index (κ2) is 12.5. The standard InChI is InChI=1S/C24H27N7O4S.Zn/c1-3-31(4-2)36(33,34)18-7-5-17(6-8-18)19-16-27-23(25)22(28-19)24(32)29-20-15-26-10-9-21(20)30-11-13-35-14-12-30;/h5-10,15-16H,1-4,11-14H2,(H2,25,27)(H,29,32);/q-2;+2. The number of sulfonamides is 1. The summed E-state index contributed by atoms with van der Waals surface area (Å²) in [7, 11) is -3.71. The van der Waals surface area contributed by atoms with Crippen LogP contribution in [-0.4, -0.2) is 73.0 Å². The van der Waals surface area contributed by atoms with Crippen LogP contribution in [0, 0.1) is 13.8 Å². The normalized spacial score (nSPS) is 13.8. The van der Waals surface area contributed by atoms with E-state index in [2.05, 4.69) is 39.0 Å². The fourth-order valence-electron chi connectivity index (χ4n) is 3.75. The number of carbonyl (C=O) groups excluding carboxylic acids is 1. The third kappa shape index (κ3) is 6.30. The van der Waals surface area contributed by atoms with Gasteiger partial charge in [-0.2, -0.15) is 0 Å². The molecule has 3 heterocycles. The third-order valence-corrected chi connectivity index (χ3v) is 7.61. The number of carbonyl (C=O) groups is 1. The molecule has 0 atom stereocenters. The zero-order chi connectivity index (χ0) is 25.7. The molecule has 3 N–H and O–H groups in total. The predicted molar refractivity (Wildman–Crippen MR) is 137 cm³/mol. The van der Waals surface area contributed by atoms with Gasteiger partial charge in [0, 0.05) is 24.8 Å². The maximum Gasteiger partial charge on any atom is 2.00 e. The topological polar surface area (TPSA) is 144 Å². The molecule has 1 saturated heterocycles. The van der Waals surface area contributed by atoms with E-state index in [0.717, 1.165) is 9.99 Å². The van der Waals surface area contributed by atoms with E-state index in [4.69, 9.17) is 10.5 Å². The summed E-state index contributed by atoms with van der Waals surface area (Å²) in [4.78, 5) is 28.0. The minimum absolute atomic E-state index is 0. The van der Waals surface area contributed by atoms with Crippen LogP contribution in [0.2, 0.25) is 0 Å². The molecule has 0 saturated carbocycles. The van der Waals surface area contributed by atoms with Gasteiger partial charge in [0.15, 0.2) is 11.5 Å². The van der Waals surface area contributed by atoms with Gasteiger partial charge < -0.3 is 34.5 Å². The number of rotatable bonds is 8. The van der Waals surface area contributed by atoms with Gasteiger partial charge >= 0.3 is 19.5 Å². The number of nitrogens with zero attached hydrogens (tertiary/aromatic N) is 5. The number of hydrogen-bond donors (Lipinski definition) is 2. The monoisotopic (exact) mass is 573 g/mol. The van der Waals surface area contributed by atoms with Crippen molar-refractivity contribution in [2.45, 2.75) is 4.90 Å². The average Bonchev–Trinajstić information content (AvgIpc) is 2.90. The van der Waals surface area contributed by atoms with Crippen molar-refractivity contribution in [3.63, 3.8) is 0 Å². The van der Waals surface area contributed by atoms with E-state index in [1.165, 1.54) is 18.3 Å². The molecule has 2 aromatic heterocycles. The van der Waals surface area contributed by atoms with Crippen LogP contribution in [0.15, 0.2) is 53.8 Å². The quantitative estimate of drug-likeness (QED) is 0.304. The van der Waals surface area contributed by atoms with Gasteiger partial charge in [0.25, 0.3) is 5.91 Å². The smallest absolute Gasteiger partial charge is 0.382 e. The molecule has 0 radical (unpaired) electrons. The molecular weight excluding hydrogens is 548 g/mol. The largest absolute Gasteiger partial charge is 2.00 e. The van der Waals surface area contributed by atoms with Crippen LogP contribution >= 0.6 is 0 Å². The zero-order valence-electron chi connectivity index (χ0n) is 20.3. The van der Waals surface area contributed by atoms with E-state index in [-0.39, 0.29) is 49.0 Å². The molecule has 13 heteroatoms. The second-order valence-corrected chi connectivity index (χ2v) is 9.80. The van der Waals surface area contributed by atoms with E-state index in [1.807, 2.05) is 6.07 Å². The van der Waals surface area contributed by atoms with Gasteiger partial charge in [0.05, 0.1) is 47.6 Å². The molecule has 1 aliphatic rings. The Morgan fingerprint density at radius 2 is 1.78 bits per heavy atom. The summed E-state index contributed by atoms with van der Waals surface area (Å²) in [5.41, 5.74) is 8.19. The molecule has 0 aliphatic carbocycles. The van der Waals surface area contributed by atoms with Crippen LogP contribution < -0.4 is 16.0 Å². The Bertz CT molecular complexity index is 1330. The summed E-state index contributed by atoms with van der Waals surface area (Å²) in [6.07, 6.45) is 4.65. The Morgan fingerprint density at radius 3 is 2.43 bits per heavy atom. The molecule has 4 rings (SSSR count). The van der Waals surface area contributed by atoms with Crippen molar-refractivity contribution >= 4 is 33.1 Å². The minimum atomic E-state index is -3.71. The number of anilines is 3. The summed E-state index contributed by atoms with van der Waals surface area (Å²) >= 11 is 0. The molecule has 1 aliphatic heterocycles. The molecule has 0 bridgehead atoms. The van der Waals surface area contributed by atoms with Crippen LogP contribution in [0.5, 0.6) is 0 Å². The van der Waals surface area contributed by atoms with Crippen molar-refractivity contribution in [2.24, 2.45) is 0 Å². The van der Waals surface area contributed by atoms with Crippen molar-refractivity contribution < 1.29 is 37.4 Å². The van der Waals surface area contributed by atoms with Crippen molar-refractivity contribution in [1.29, 1.82) is 0 Å². The number of hydrogen-bond acceptors (Lipinski definition) is 9. The summed E-state index contributed by atoms with van der Waals surface area (Å²) in [6, 6.07) is 7.94. The number of aromatic nitrogens is 3. The predicted octanol–water partition coefficient (Wildman–Crippen LogP) is 1.87. The number of pyridine rings is 1. The minimum Gasteiger partial charge on any atom is -0.382 e. The van der Waals surface area contributed by atoms with Gasteiger partial charge in [0.2, 0.25) is 10.0 Å².